The molecule has 0 bridgehead atoms. The molecule has 3 saturated heterocycles. The molecule has 5 heterocycles. The Hall–Kier alpha value is -4.35. The standard InChI is InChI=1S/C37H42F3N7O5S/c38-27-10-15-46(22-27)47(53(51)52)32-7-6-31(39)34(35(32)40)36(50)30-20-42-37-29(30)18-26(19-41-37)25-2-4-28(5-3-25)45-13-8-24(9-14-45)21-43-11-1-12-44(17-16-43)23-33(48)49/h2-7,18-20,24,27H,1,8-17,21-23H2,(H,41,42)(H,48,49)(H,51,52)/t27-/m1/s1. The maximum atomic E-state index is 15.9. The minimum absolute atomic E-state index is 0.0248. The van der Waals surface area contributed by atoms with Gasteiger partial charge in [0.1, 0.15) is 23.3 Å². The lowest BCUT2D eigenvalue weighted by Crippen LogP contribution is -2.43. The van der Waals surface area contributed by atoms with E-state index in [0.717, 1.165) is 88.5 Å². The molecule has 53 heavy (non-hydrogen) atoms. The molecule has 282 valence electrons. The highest BCUT2D eigenvalue weighted by Gasteiger charge is 2.34. The molecule has 12 nitrogen and oxygen atoms in total. The van der Waals surface area contributed by atoms with Crippen molar-refractivity contribution in [2.24, 2.45) is 5.92 Å². The number of hydrazine groups is 1. The number of aliphatic carboxylic acids is 1. The molecule has 2 aromatic carbocycles. The van der Waals surface area contributed by atoms with E-state index in [1.165, 1.54) is 11.2 Å². The minimum Gasteiger partial charge on any atom is -0.480 e. The van der Waals surface area contributed by atoms with Gasteiger partial charge < -0.3 is 19.9 Å². The number of rotatable bonds is 11. The monoisotopic (exact) mass is 753 g/mol. The zero-order valence-electron chi connectivity index (χ0n) is 29.1. The highest BCUT2D eigenvalue weighted by molar-refractivity contribution is 7.80. The first-order chi connectivity index (χ1) is 25.5. The highest BCUT2D eigenvalue weighted by Crippen LogP contribution is 2.33. The maximum Gasteiger partial charge on any atom is 0.317 e. The first-order valence-corrected chi connectivity index (χ1v) is 18.9. The predicted molar refractivity (Wildman–Crippen MR) is 196 cm³/mol. The number of carbonyl (C=O) groups excluding carboxylic acids is 1. The summed E-state index contributed by atoms with van der Waals surface area (Å²) in [5.41, 5.74) is 1.53. The fourth-order valence-corrected chi connectivity index (χ4v) is 8.40. The average molecular weight is 754 g/mol. The largest absolute Gasteiger partial charge is 0.480 e. The van der Waals surface area contributed by atoms with E-state index in [2.05, 4.69) is 19.8 Å². The van der Waals surface area contributed by atoms with Crippen molar-refractivity contribution in [3.63, 3.8) is 0 Å². The van der Waals surface area contributed by atoms with Gasteiger partial charge in [0.05, 0.1) is 18.7 Å². The quantitative estimate of drug-likeness (QED) is 0.143. The summed E-state index contributed by atoms with van der Waals surface area (Å²) >= 11 is -2.81. The number of nitrogens with one attached hydrogen (secondary N) is 1. The van der Waals surface area contributed by atoms with Crippen LogP contribution in [0.4, 0.5) is 24.5 Å². The summed E-state index contributed by atoms with van der Waals surface area (Å²) in [7, 11) is 0. The van der Waals surface area contributed by atoms with Crippen molar-refractivity contribution >= 4 is 45.4 Å². The number of aromatic amines is 1. The molecule has 3 aliphatic rings. The second-order valence-electron chi connectivity index (χ2n) is 14.0. The fourth-order valence-electron chi connectivity index (χ4n) is 7.74. The summed E-state index contributed by atoms with van der Waals surface area (Å²) in [4.78, 5) is 39.1. The van der Waals surface area contributed by atoms with Gasteiger partial charge in [-0.15, -0.1) is 0 Å². The summed E-state index contributed by atoms with van der Waals surface area (Å²) in [6.45, 7) is 6.27. The number of carbonyl (C=O) groups is 2. The van der Waals surface area contributed by atoms with E-state index >= 15 is 8.78 Å². The number of anilines is 2. The van der Waals surface area contributed by atoms with Gasteiger partial charge in [0.2, 0.25) is 5.78 Å². The van der Waals surface area contributed by atoms with Gasteiger partial charge in [-0.2, -0.15) is 4.41 Å². The van der Waals surface area contributed by atoms with Gasteiger partial charge in [-0.3, -0.25) is 19.0 Å². The van der Waals surface area contributed by atoms with Crippen LogP contribution < -0.4 is 9.31 Å². The lowest BCUT2D eigenvalue weighted by Gasteiger charge is -2.36. The number of ketones is 1. The number of carboxylic acid groups (broad SMARTS) is 1. The molecule has 4 aromatic rings. The van der Waals surface area contributed by atoms with Crippen molar-refractivity contribution < 1.29 is 36.6 Å². The van der Waals surface area contributed by atoms with Gasteiger partial charge >= 0.3 is 5.97 Å². The second-order valence-corrected chi connectivity index (χ2v) is 14.8. The van der Waals surface area contributed by atoms with E-state index < -0.39 is 52.1 Å². The second kappa shape index (κ2) is 15.9. The number of pyridine rings is 1. The van der Waals surface area contributed by atoms with Crippen molar-refractivity contribution in [2.45, 2.75) is 31.9 Å². The predicted octanol–water partition coefficient (Wildman–Crippen LogP) is 4.95. The van der Waals surface area contributed by atoms with E-state index in [4.69, 9.17) is 5.11 Å². The Labute approximate surface area is 307 Å². The lowest BCUT2D eigenvalue weighted by atomic mass is 9.95. The number of halogens is 3. The Morgan fingerprint density at radius 3 is 2.38 bits per heavy atom. The Balaban J connectivity index is 1.03. The van der Waals surface area contributed by atoms with Crippen molar-refractivity contribution in [1.82, 2.24) is 24.8 Å². The molecule has 7 rings (SSSR count). The number of benzene rings is 2. The smallest absolute Gasteiger partial charge is 0.317 e. The van der Waals surface area contributed by atoms with E-state index in [0.29, 0.717) is 26.9 Å². The van der Waals surface area contributed by atoms with Crippen LogP contribution in [0.5, 0.6) is 0 Å². The Morgan fingerprint density at radius 2 is 1.68 bits per heavy atom. The van der Waals surface area contributed by atoms with Crippen molar-refractivity contribution in [3.05, 3.63) is 77.6 Å². The number of hydrogen-bond donors (Lipinski definition) is 3. The SMILES string of the molecule is O=C(O)CN1CCCN(CC2CCN(c3ccc(-c4cnc5[nH]cc(C(=O)c6c(F)ccc(N(N7CC[C@@H](F)C7)S(=O)O)c6F)c5c4)cc3)CC2)CC1. The first-order valence-electron chi connectivity index (χ1n) is 17.9. The van der Waals surface area contributed by atoms with Crippen molar-refractivity contribution in [1.29, 1.82) is 0 Å². The minimum atomic E-state index is -2.81. The van der Waals surface area contributed by atoms with Crippen molar-refractivity contribution in [2.75, 3.05) is 74.8 Å². The van der Waals surface area contributed by atoms with Crippen LogP contribution in [0.2, 0.25) is 0 Å². The van der Waals surface area contributed by atoms with Crippen LogP contribution in [0, 0.1) is 17.6 Å². The van der Waals surface area contributed by atoms with Gasteiger partial charge in [-0.05, 0) is 74.0 Å². The Kier molecular flexibility index (Phi) is 11.1. The summed E-state index contributed by atoms with van der Waals surface area (Å²) in [5.74, 6) is -3.64. The lowest BCUT2D eigenvalue weighted by molar-refractivity contribution is -0.138. The molecule has 0 aliphatic carbocycles. The number of piperidine rings is 1. The number of fused-ring (bicyclic) bond motifs is 1. The Bertz CT molecular complexity index is 1990. The molecule has 3 aliphatic heterocycles. The molecule has 0 spiro atoms. The molecule has 0 amide bonds. The molecule has 0 saturated carbocycles. The summed E-state index contributed by atoms with van der Waals surface area (Å²) in [5, 5.41) is 10.6. The van der Waals surface area contributed by atoms with Gasteiger partial charge in [0.15, 0.2) is 5.82 Å². The van der Waals surface area contributed by atoms with E-state index in [1.54, 1.807) is 12.3 Å². The van der Waals surface area contributed by atoms with Crippen molar-refractivity contribution in [3.8, 4) is 11.1 Å². The molecule has 3 N–H and O–H groups in total. The summed E-state index contributed by atoms with van der Waals surface area (Å²) in [6.07, 6.45) is 4.89. The van der Waals surface area contributed by atoms with Crippen LogP contribution in [0.3, 0.4) is 0 Å². The third-order valence-electron chi connectivity index (χ3n) is 10.5. The molecule has 0 radical (unpaired) electrons. The third kappa shape index (κ3) is 8.11. The number of carboxylic acids is 1. The van der Waals surface area contributed by atoms with Crippen LogP contribution in [-0.2, 0) is 16.1 Å². The van der Waals surface area contributed by atoms with Crippen LogP contribution in [-0.4, -0.2) is 122 Å². The zero-order valence-corrected chi connectivity index (χ0v) is 29.9. The number of nitrogens with zero attached hydrogens (tertiary/aromatic N) is 6. The molecular weight excluding hydrogens is 712 g/mol. The van der Waals surface area contributed by atoms with E-state index in [-0.39, 0.29) is 31.6 Å². The molecule has 3 fully saturated rings. The molecular formula is C37H42F3N7O5S. The van der Waals surface area contributed by atoms with Crippen LogP contribution in [0.25, 0.3) is 22.2 Å². The van der Waals surface area contributed by atoms with Crippen LogP contribution in [0.1, 0.15) is 41.6 Å². The number of alkyl halides is 1. The number of H-pyrrole nitrogens is 1. The van der Waals surface area contributed by atoms with Gasteiger partial charge in [-0.1, -0.05) is 12.1 Å². The zero-order chi connectivity index (χ0) is 37.2. The van der Waals surface area contributed by atoms with Crippen LogP contribution >= 0.6 is 0 Å². The highest BCUT2D eigenvalue weighted by atomic mass is 32.2. The van der Waals surface area contributed by atoms with E-state index in [1.807, 2.05) is 29.2 Å². The fraction of sp³-hybridized carbons (Fsp3) is 0.432. The average Bonchev–Trinajstić information content (AvgIpc) is 3.70. The van der Waals surface area contributed by atoms with Crippen LogP contribution in [0.15, 0.2) is 54.9 Å². The molecule has 1 unspecified atom stereocenters. The molecule has 16 heteroatoms. The number of aromatic nitrogens is 2. The molecule has 2 aromatic heterocycles. The summed E-state index contributed by atoms with van der Waals surface area (Å²) < 4.78 is 67.8. The normalized spacial score (nSPS) is 20.2. The maximum absolute atomic E-state index is 15.9. The Morgan fingerprint density at radius 1 is 0.943 bits per heavy atom. The van der Waals surface area contributed by atoms with Gasteiger partial charge in [-0.25, -0.2) is 27.4 Å². The van der Waals surface area contributed by atoms with Gasteiger partial charge in [0.25, 0.3) is 11.3 Å². The number of hydrogen-bond acceptors (Lipinski definition) is 8. The topological polar surface area (TPSA) is 137 Å². The van der Waals surface area contributed by atoms with Gasteiger partial charge in [0, 0.05) is 80.4 Å². The first kappa shape index (κ1) is 37.0. The third-order valence-corrected chi connectivity index (χ3v) is 11.3. The molecule has 2 atom stereocenters. The summed E-state index contributed by atoms with van der Waals surface area (Å²) in [6, 6.07) is 11.6. The van der Waals surface area contributed by atoms with E-state index in [9.17, 15) is 22.7 Å².